The van der Waals surface area contributed by atoms with Gasteiger partial charge >= 0.3 is 0 Å². The second-order valence-corrected chi connectivity index (χ2v) is 12.2. The van der Waals surface area contributed by atoms with Crippen molar-refractivity contribution in [3.8, 4) is 27.9 Å². The maximum absolute atomic E-state index is 2.38. The van der Waals surface area contributed by atoms with Gasteiger partial charge in [-0.15, -0.1) is 0 Å². The van der Waals surface area contributed by atoms with Crippen LogP contribution in [0, 0.1) is 0 Å². The first-order valence-corrected chi connectivity index (χ1v) is 16.4. The van der Waals surface area contributed by atoms with Crippen LogP contribution < -0.4 is 4.90 Å². The fourth-order valence-electron chi connectivity index (χ4n) is 7.23. The molecule has 1 heterocycles. The van der Waals surface area contributed by atoms with Gasteiger partial charge in [-0.3, -0.25) is 0 Å². The molecule has 0 spiro atoms. The summed E-state index contributed by atoms with van der Waals surface area (Å²) in [5, 5.41) is 5.04. The Morgan fingerprint density at radius 1 is 0.354 bits per heavy atom. The van der Waals surface area contributed by atoms with Crippen LogP contribution in [0.15, 0.2) is 194 Å². The minimum atomic E-state index is 1.10. The van der Waals surface area contributed by atoms with Gasteiger partial charge in [-0.05, 0) is 87.6 Å². The summed E-state index contributed by atoms with van der Waals surface area (Å²) in [5.41, 5.74) is 11.8. The minimum absolute atomic E-state index is 1.10. The highest BCUT2D eigenvalue weighted by Gasteiger charge is 2.17. The summed E-state index contributed by atoms with van der Waals surface area (Å²) in [6, 6.07) is 69.8. The number of hydrogen-bond donors (Lipinski definition) is 0. The fourth-order valence-corrected chi connectivity index (χ4v) is 7.23. The summed E-state index contributed by atoms with van der Waals surface area (Å²) < 4.78 is 2.38. The molecule has 0 bridgehead atoms. The van der Waals surface area contributed by atoms with Crippen LogP contribution in [-0.2, 0) is 0 Å². The topological polar surface area (TPSA) is 8.17 Å². The lowest BCUT2D eigenvalue weighted by molar-refractivity contribution is 1.17. The quantitative estimate of drug-likeness (QED) is 0.181. The maximum Gasteiger partial charge on any atom is 0.0541 e. The van der Waals surface area contributed by atoms with Crippen LogP contribution in [0.5, 0.6) is 0 Å². The van der Waals surface area contributed by atoms with E-state index in [1.165, 1.54) is 54.8 Å². The van der Waals surface area contributed by atoms with Gasteiger partial charge in [-0.2, -0.15) is 0 Å². The highest BCUT2D eigenvalue weighted by molar-refractivity contribution is 6.09. The average Bonchev–Trinajstić information content (AvgIpc) is 3.50. The molecule has 226 valence electrons. The molecular formula is C46H32N2. The normalized spacial score (nSPS) is 11.3. The van der Waals surface area contributed by atoms with Gasteiger partial charge in [0.15, 0.2) is 0 Å². The van der Waals surface area contributed by atoms with E-state index in [-0.39, 0.29) is 0 Å². The van der Waals surface area contributed by atoms with Crippen LogP contribution in [-0.4, -0.2) is 4.57 Å². The van der Waals surface area contributed by atoms with Crippen LogP contribution in [0.25, 0.3) is 60.5 Å². The van der Waals surface area contributed by atoms with Crippen LogP contribution in [0.4, 0.5) is 17.1 Å². The predicted octanol–water partition coefficient (Wildman–Crippen LogP) is 12.7. The lowest BCUT2D eigenvalue weighted by Gasteiger charge is -2.26. The predicted molar refractivity (Wildman–Crippen MR) is 204 cm³/mol. The Morgan fingerprint density at radius 2 is 0.854 bits per heavy atom. The van der Waals surface area contributed by atoms with Gasteiger partial charge in [0.2, 0.25) is 0 Å². The summed E-state index contributed by atoms with van der Waals surface area (Å²) >= 11 is 0. The molecule has 48 heavy (non-hydrogen) atoms. The highest BCUT2D eigenvalue weighted by Crippen LogP contribution is 2.40. The van der Waals surface area contributed by atoms with Gasteiger partial charge in [0, 0.05) is 33.5 Å². The molecule has 0 N–H and O–H groups in total. The van der Waals surface area contributed by atoms with Crippen LogP contribution >= 0.6 is 0 Å². The Hall–Kier alpha value is -6.38. The van der Waals surface area contributed by atoms with E-state index >= 15 is 0 Å². The zero-order valence-corrected chi connectivity index (χ0v) is 26.4. The van der Waals surface area contributed by atoms with Gasteiger partial charge < -0.3 is 9.47 Å². The van der Waals surface area contributed by atoms with Crippen molar-refractivity contribution >= 4 is 49.6 Å². The van der Waals surface area contributed by atoms with E-state index in [0.717, 1.165) is 22.7 Å². The molecule has 9 rings (SSSR count). The Balaban J connectivity index is 1.17. The van der Waals surface area contributed by atoms with Crippen molar-refractivity contribution in [1.82, 2.24) is 4.57 Å². The summed E-state index contributed by atoms with van der Waals surface area (Å²) in [7, 11) is 0. The standard InChI is InChI=1S/C46H32N2/c1-3-14-33(15-4-1)40-24-11-16-35-17-12-25-41(46(35)40)34-28-30-37(31-29-34)47(36-18-5-2-6-19-36)38-20-13-21-39(32-38)48-44-26-9-7-22-42(44)43-23-8-10-27-45(43)48/h1-32H. The maximum atomic E-state index is 2.38. The molecule has 0 amide bonds. The molecule has 0 aliphatic rings. The monoisotopic (exact) mass is 612 g/mol. The van der Waals surface area contributed by atoms with E-state index < -0.39 is 0 Å². The fraction of sp³-hybridized carbons (Fsp3) is 0. The lowest BCUT2D eigenvalue weighted by atomic mass is 9.91. The van der Waals surface area contributed by atoms with Crippen molar-refractivity contribution in [3.05, 3.63) is 194 Å². The first-order valence-electron chi connectivity index (χ1n) is 16.4. The SMILES string of the molecule is c1ccc(-c2cccc3cccc(-c4ccc(N(c5ccccc5)c5cccc(-n6c7ccccc7c7ccccc76)c5)cc4)c23)cc1. The van der Waals surface area contributed by atoms with E-state index in [9.17, 15) is 0 Å². The number of fused-ring (bicyclic) bond motifs is 4. The van der Waals surface area contributed by atoms with E-state index in [2.05, 4.69) is 204 Å². The summed E-state index contributed by atoms with van der Waals surface area (Å²) in [6.07, 6.45) is 0. The number of nitrogens with zero attached hydrogens (tertiary/aromatic N) is 2. The molecule has 0 aliphatic heterocycles. The van der Waals surface area contributed by atoms with Gasteiger partial charge in [-0.1, -0.05) is 140 Å². The number of rotatable bonds is 6. The molecule has 0 saturated carbocycles. The molecule has 0 saturated heterocycles. The van der Waals surface area contributed by atoms with E-state index in [1.807, 2.05) is 0 Å². The van der Waals surface area contributed by atoms with Gasteiger partial charge in [0.25, 0.3) is 0 Å². The number of para-hydroxylation sites is 3. The molecule has 1 aromatic heterocycles. The third-order valence-corrected chi connectivity index (χ3v) is 9.37. The smallest absolute Gasteiger partial charge is 0.0541 e. The lowest BCUT2D eigenvalue weighted by Crippen LogP contribution is -2.10. The molecule has 0 unspecified atom stereocenters. The molecular weight excluding hydrogens is 581 g/mol. The molecule has 0 atom stereocenters. The minimum Gasteiger partial charge on any atom is -0.310 e. The van der Waals surface area contributed by atoms with Crippen molar-refractivity contribution < 1.29 is 0 Å². The zero-order chi connectivity index (χ0) is 31.9. The molecule has 0 fully saturated rings. The Bertz CT molecular complexity index is 2490. The Morgan fingerprint density at radius 3 is 1.50 bits per heavy atom. The third-order valence-electron chi connectivity index (χ3n) is 9.37. The average molecular weight is 613 g/mol. The van der Waals surface area contributed by atoms with Crippen LogP contribution in [0.3, 0.4) is 0 Å². The summed E-state index contributed by atoms with van der Waals surface area (Å²) in [4.78, 5) is 2.35. The van der Waals surface area contributed by atoms with Gasteiger partial charge in [-0.25, -0.2) is 0 Å². The van der Waals surface area contributed by atoms with Crippen molar-refractivity contribution in [1.29, 1.82) is 0 Å². The Labute approximate surface area is 280 Å². The zero-order valence-electron chi connectivity index (χ0n) is 26.4. The number of benzene rings is 8. The number of anilines is 3. The first-order chi connectivity index (χ1) is 23.8. The summed E-state index contributed by atoms with van der Waals surface area (Å²) in [5.74, 6) is 0. The molecule has 0 aliphatic carbocycles. The van der Waals surface area contributed by atoms with Crippen molar-refractivity contribution in [2.24, 2.45) is 0 Å². The van der Waals surface area contributed by atoms with Crippen LogP contribution in [0.2, 0.25) is 0 Å². The van der Waals surface area contributed by atoms with Crippen molar-refractivity contribution in [2.45, 2.75) is 0 Å². The van der Waals surface area contributed by atoms with E-state index in [4.69, 9.17) is 0 Å². The molecule has 8 aromatic carbocycles. The second kappa shape index (κ2) is 11.8. The van der Waals surface area contributed by atoms with E-state index in [0.29, 0.717) is 0 Å². The van der Waals surface area contributed by atoms with Crippen molar-refractivity contribution in [2.75, 3.05) is 4.90 Å². The summed E-state index contributed by atoms with van der Waals surface area (Å²) in [6.45, 7) is 0. The largest absolute Gasteiger partial charge is 0.310 e. The molecule has 9 aromatic rings. The molecule has 2 heteroatoms. The van der Waals surface area contributed by atoms with Crippen molar-refractivity contribution in [3.63, 3.8) is 0 Å². The molecule has 0 radical (unpaired) electrons. The first kappa shape index (κ1) is 27.9. The van der Waals surface area contributed by atoms with Crippen LogP contribution in [0.1, 0.15) is 0 Å². The third kappa shape index (κ3) is 4.74. The Kier molecular flexibility index (Phi) is 6.84. The second-order valence-electron chi connectivity index (χ2n) is 12.2. The highest BCUT2D eigenvalue weighted by atomic mass is 15.1. The number of hydrogen-bond acceptors (Lipinski definition) is 1. The van der Waals surface area contributed by atoms with Gasteiger partial charge in [0.05, 0.1) is 11.0 Å². The van der Waals surface area contributed by atoms with Gasteiger partial charge in [0.1, 0.15) is 0 Å². The number of aromatic nitrogens is 1. The van der Waals surface area contributed by atoms with E-state index in [1.54, 1.807) is 0 Å². The molecule has 2 nitrogen and oxygen atoms in total.